The van der Waals surface area contributed by atoms with Gasteiger partial charge in [0.1, 0.15) is 5.69 Å². The third kappa shape index (κ3) is 6.13. The van der Waals surface area contributed by atoms with Gasteiger partial charge in [-0.25, -0.2) is 9.97 Å². The number of ether oxygens (including phenoxy) is 2. The van der Waals surface area contributed by atoms with E-state index in [1.165, 1.54) is 0 Å². The van der Waals surface area contributed by atoms with Crippen LogP contribution in [0.3, 0.4) is 0 Å². The van der Waals surface area contributed by atoms with Gasteiger partial charge in [0.05, 0.1) is 14.2 Å². The number of anilines is 1. The van der Waals surface area contributed by atoms with Crippen LogP contribution < -0.4 is 20.1 Å². The molecule has 1 aromatic carbocycles. The maximum atomic E-state index is 12.5. The predicted molar refractivity (Wildman–Crippen MR) is 106 cm³/mol. The van der Waals surface area contributed by atoms with Crippen molar-refractivity contribution in [3.8, 4) is 11.5 Å². The number of carbonyl (C=O) groups is 1. The molecule has 0 unspecified atom stereocenters. The second-order valence-electron chi connectivity index (χ2n) is 7.29. The zero-order chi connectivity index (χ0) is 20.0. The Labute approximate surface area is 160 Å². The molecule has 0 fully saturated rings. The van der Waals surface area contributed by atoms with Crippen molar-refractivity contribution in [2.24, 2.45) is 0 Å². The Morgan fingerprint density at radius 3 is 2.41 bits per heavy atom. The number of nitrogens with one attached hydrogen (secondary N) is 2. The van der Waals surface area contributed by atoms with E-state index in [1.54, 1.807) is 20.3 Å². The Bertz CT molecular complexity index is 800. The summed E-state index contributed by atoms with van der Waals surface area (Å²) >= 11 is 0. The van der Waals surface area contributed by atoms with E-state index in [9.17, 15) is 4.79 Å². The zero-order valence-electron chi connectivity index (χ0n) is 16.8. The Kier molecular flexibility index (Phi) is 6.60. The van der Waals surface area contributed by atoms with Crippen LogP contribution in [0.5, 0.6) is 11.5 Å². The third-order valence-corrected chi connectivity index (χ3v) is 3.72. The quantitative estimate of drug-likeness (QED) is 0.777. The largest absolute Gasteiger partial charge is 0.493 e. The molecule has 2 N–H and O–H groups in total. The van der Waals surface area contributed by atoms with Crippen molar-refractivity contribution in [1.82, 2.24) is 15.3 Å². The first-order valence-electron chi connectivity index (χ1n) is 8.85. The number of rotatable bonds is 7. The van der Waals surface area contributed by atoms with Crippen LogP contribution in [-0.2, 0) is 6.42 Å². The minimum absolute atomic E-state index is 0.186. The molecule has 7 nitrogen and oxygen atoms in total. The van der Waals surface area contributed by atoms with Crippen molar-refractivity contribution in [3.05, 3.63) is 41.2 Å². The van der Waals surface area contributed by atoms with Gasteiger partial charge in [0.25, 0.3) is 5.91 Å². The highest BCUT2D eigenvalue weighted by atomic mass is 16.5. The summed E-state index contributed by atoms with van der Waals surface area (Å²) in [5.41, 5.74) is 1.94. The molecule has 1 amide bonds. The van der Waals surface area contributed by atoms with Crippen LogP contribution >= 0.6 is 0 Å². The lowest BCUT2D eigenvalue weighted by atomic mass is 10.1. The van der Waals surface area contributed by atoms with Crippen LogP contribution in [0, 0.1) is 6.92 Å². The number of aryl methyl sites for hydroxylation is 1. The standard InChI is InChI=1S/C20H28N4O3/c1-13-11-15(23-19(22-13)24-20(2,3)4)18(25)21-10-9-14-7-8-16(26-5)17(12-14)27-6/h7-8,11-12H,9-10H2,1-6H3,(H,21,25)(H,22,23,24). The number of nitrogens with zero attached hydrogens (tertiary/aromatic N) is 2. The molecule has 0 saturated heterocycles. The Balaban J connectivity index is 2.00. The molecule has 0 aliphatic carbocycles. The number of benzene rings is 1. The molecule has 0 aliphatic rings. The molecule has 0 saturated carbocycles. The highest BCUT2D eigenvalue weighted by molar-refractivity contribution is 5.92. The Morgan fingerprint density at radius 1 is 1.07 bits per heavy atom. The van der Waals surface area contributed by atoms with E-state index >= 15 is 0 Å². The number of hydrogen-bond acceptors (Lipinski definition) is 6. The monoisotopic (exact) mass is 372 g/mol. The SMILES string of the molecule is COc1ccc(CCNC(=O)c2cc(C)nc(NC(C)(C)C)n2)cc1OC. The fourth-order valence-electron chi connectivity index (χ4n) is 2.52. The molecule has 7 heteroatoms. The third-order valence-electron chi connectivity index (χ3n) is 3.72. The summed E-state index contributed by atoms with van der Waals surface area (Å²) in [6, 6.07) is 7.40. The molecule has 0 bridgehead atoms. The van der Waals surface area contributed by atoms with Crippen molar-refractivity contribution in [1.29, 1.82) is 0 Å². The van der Waals surface area contributed by atoms with Crippen LogP contribution in [0.4, 0.5) is 5.95 Å². The average Bonchev–Trinajstić information content (AvgIpc) is 2.59. The number of methoxy groups -OCH3 is 2. The smallest absolute Gasteiger partial charge is 0.270 e. The maximum Gasteiger partial charge on any atom is 0.270 e. The van der Waals surface area contributed by atoms with Gasteiger partial charge in [-0.1, -0.05) is 6.07 Å². The summed E-state index contributed by atoms with van der Waals surface area (Å²) in [5.74, 6) is 1.58. The number of hydrogen-bond donors (Lipinski definition) is 2. The first-order valence-corrected chi connectivity index (χ1v) is 8.85. The Hall–Kier alpha value is -2.83. The molecular weight excluding hydrogens is 344 g/mol. The highest BCUT2D eigenvalue weighted by Crippen LogP contribution is 2.27. The molecule has 1 heterocycles. The van der Waals surface area contributed by atoms with E-state index < -0.39 is 0 Å². The molecule has 146 valence electrons. The van der Waals surface area contributed by atoms with Gasteiger partial charge in [-0.3, -0.25) is 4.79 Å². The second kappa shape index (κ2) is 8.70. The van der Waals surface area contributed by atoms with E-state index in [4.69, 9.17) is 9.47 Å². The van der Waals surface area contributed by atoms with Gasteiger partial charge < -0.3 is 20.1 Å². The van der Waals surface area contributed by atoms with Gasteiger partial charge in [-0.2, -0.15) is 0 Å². The van der Waals surface area contributed by atoms with Gasteiger partial charge in [0.15, 0.2) is 11.5 Å². The molecule has 0 atom stereocenters. The molecule has 1 aromatic heterocycles. The van der Waals surface area contributed by atoms with Gasteiger partial charge in [0.2, 0.25) is 5.95 Å². The maximum absolute atomic E-state index is 12.5. The molecular formula is C20H28N4O3. The normalized spacial score (nSPS) is 11.0. The number of aromatic nitrogens is 2. The van der Waals surface area contributed by atoms with Crippen LogP contribution in [0.1, 0.15) is 42.5 Å². The molecule has 0 radical (unpaired) electrons. The summed E-state index contributed by atoms with van der Waals surface area (Å²) in [6.45, 7) is 8.38. The van der Waals surface area contributed by atoms with Crippen LogP contribution in [0.15, 0.2) is 24.3 Å². The minimum Gasteiger partial charge on any atom is -0.493 e. The van der Waals surface area contributed by atoms with Crippen LogP contribution in [-0.4, -0.2) is 42.2 Å². The fourth-order valence-corrected chi connectivity index (χ4v) is 2.52. The second-order valence-corrected chi connectivity index (χ2v) is 7.29. The van der Waals surface area contributed by atoms with Crippen LogP contribution in [0.2, 0.25) is 0 Å². The van der Waals surface area contributed by atoms with Gasteiger partial charge in [-0.15, -0.1) is 0 Å². The summed E-state index contributed by atoms with van der Waals surface area (Å²) in [5, 5.41) is 6.10. The number of amides is 1. The summed E-state index contributed by atoms with van der Waals surface area (Å²) in [4.78, 5) is 21.1. The zero-order valence-corrected chi connectivity index (χ0v) is 16.8. The molecule has 0 spiro atoms. The van der Waals surface area contributed by atoms with Gasteiger partial charge >= 0.3 is 0 Å². The summed E-state index contributed by atoms with van der Waals surface area (Å²) in [6.07, 6.45) is 0.670. The fraction of sp³-hybridized carbons (Fsp3) is 0.450. The molecule has 2 rings (SSSR count). The first-order chi connectivity index (χ1) is 12.7. The lowest BCUT2D eigenvalue weighted by Crippen LogP contribution is -2.30. The van der Waals surface area contributed by atoms with Gasteiger partial charge in [-0.05, 0) is 57.9 Å². The van der Waals surface area contributed by atoms with Crippen molar-refractivity contribution in [2.45, 2.75) is 39.7 Å². The van der Waals surface area contributed by atoms with E-state index in [0.717, 1.165) is 11.3 Å². The van der Waals surface area contributed by atoms with Crippen molar-refractivity contribution < 1.29 is 14.3 Å². The minimum atomic E-state index is -0.224. The average molecular weight is 372 g/mol. The number of carbonyl (C=O) groups excluding carboxylic acids is 1. The van der Waals surface area contributed by atoms with Crippen LogP contribution in [0.25, 0.3) is 0 Å². The lowest BCUT2D eigenvalue weighted by Gasteiger charge is -2.20. The first kappa shape index (κ1) is 20.5. The van der Waals surface area contributed by atoms with Crippen molar-refractivity contribution in [2.75, 3.05) is 26.1 Å². The van der Waals surface area contributed by atoms with E-state index in [0.29, 0.717) is 36.1 Å². The van der Waals surface area contributed by atoms with Crippen molar-refractivity contribution in [3.63, 3.8) is 0 Å². The predicted octanol–water partition coefficient (Wildman–Crippen LogP) is 2.99. The molecule has 27 heavy (non-hydrogen) atoms. The van der Waals surface area contributed by atoms with E-state index in [-0.39, 0.29) is 11.4 Å². The summed E-state index contributed by atoms with van der Waals surface area (Å²) in [7, 11) is 3.20. The topological polar surface area (TPSA) is 85.4 Å². The molecule has 2 aromatic rings. The Morgan fingerprint density at radius 2 is 1.78 bits per heavy atom. The van der Waals surface area contributed by atoms with Crippen molar-refractivity contribution >= 4 is 11.9 Å². The summed E-state index contributed by atoms with van der Waals surface area (Å²) < 4.78 is 10.5. The highest BCUT2D eigenvalue weighted by Gasteiger charge is 2.15. The molecule has 0 aliphatic heterocycles. The lowest BCUT2D eigenvalue weighted by molar-refractivity contribution is 0.0949. The van der Waals surface area contributed by atoms with E-state index in [1.807, 2.05) is 45.9 Å². The van der Waals surface area contributed by atoms with Gasteiger partial charge in [0, 0.05) is 17.8 Å². The van der Waals surface area contributed by atoms with E-state index in [2.05, 4.69) is 20.6 Å².